The van der Waals surface area contributed by atoms with Crippen molar-refractivity contribution in [3.8, 4) is 5.69 Å². The molecule has 5 heteroatoms. The Kier molecular flexibility index (Phi) is 3.84. The van der Waals surface area contributed by atoms with Crippen LogP contribution in [0.3, 0.4) is 0 Å². The van der Waals surface area contributed by atoms with E-state index in [2.05, 4.69) is 4.98 Å². The molecule has 0 bridgehead atoms. The van der Waals surface area contributed by atoms with Crippen molar-refractivity contribution in [2.75, 3.05) is 13.1 Å². The highest BCUT2D eigenvalue weighted by Crippen LogP contribution is 2.16. The average molecular weight is 333 g/mol. The third-order valence-corrected chi connectivity index (χ3v) is 4.71. The zero-order valence-electron chi connectivity index (χ0n) is 14.1. The Labute approximate surface area is 145 Å². The molecule has 1 amide bonds. The average Bonchev–Trinajstić information content (AvgIpc) is 3.16. The van der Waals surface area contributed by atoms with E-state index in [0.717, 1.165) is 31.6 Å². The molecule has 2 aromatic carbocycles. The molecule has 1 aliphatic heterocycles. The van der Waals surface area contributed by atoms with Gasteiger partial charge in [0.25, 0.3) is 11.5 Å². The maximum Gasteiger partial charge on any atom is 0.265 e. The van der Waals surface area contributed by atoms with Crippen molar-refractivity contribution in [2.24, 2.45) is 0 Å². The SMILES string of the molecule is Cc1nc2ccccc2c(=O)n1-c1ccc(C(=O)N2CCCC2)cc1. The largest absolute Gasteiger partial charge is 0.339 e. The smallest absolute Gasteiger partial charge is 0.265 e. The minimum absolute atomic E-state index is 0.0600. The normalized spacial score (nSPS) is 14.2. The van der Waals surface area contributed by atoms with Gasteiger partial charge in [0.2, 0.25) is 0 Å². The number of aryl methyl sites for hydroxylation is 1. The molecule has 1 fully saturated rings. The quantitative estimate of drug-likeness (QED) is 0.724. The lowest BCUT2D eigenvalue weighted by Gasteiger charge is -2.16. The zero-order chi connectivity index (χ0) is 17.4. The van der Waals surface area contributed by atoms with Crippen LogP contribution in [-0.4, -0.2) is 33.4 Å². The second-order valence-electron chi connectivity index (χ2n) is 6.36. The Morgan fingerprint density at radius 3 is 2.40 bits per heavy atom. The van der Waals surface area contributed by atoms with Crippen LogP contribution in [0.4, 0.5) is 0 Å². The van der Waals surface area contributed by atoms with Gasteiger partial charge < -0.3 is 4.90 Å². The molecule has 126 valence electrons. The number of fused-ring (bicyclic) bond motifs is 1. The van der Waals surface area contributed by atoms with E-state index in [-0.39, 0.29) is 11.5 Å². The van der Waals surface area contributed by atoms with Gasteiger partial charge in [-0.05, 0) is 56.2 Å². The van der Waals surface area contributed by atoms with Gasteiger partial charge in [0.05, 0.1) is 16.6 Å². The first-order valence-corrected chi connectivity index (χ1v) is 8.53. The molecule has 0 aliphatic carbocycles. The summed E-state index contributed by atoms with van der Waals surface area (Å²) in [4.78, 5) is 31.7. The van der Waals surface area contributed by atoms with Gasteiger partial charge in [0.1, 0.15) is 5.82 Å². The fourth-order valence-corrected chi connectivity index (χ4v) is 3.40. The predicted molar refractivity (Wildman–Crippen MR) is 97.2 cm³/mol. The van der Waals surface area contributed by atoms with Crippen LogP contribution < -0.4 is 5.56 Å². The fourth-order valence-electron chi connectivity index (χ4n) is 3.40. The molecule has 0 atom stereocenters. The van der Waals surface area contributed by atoms with E-state index < -0.39 is 0 Å². The van der Waals surface area contributed by atoms with Crippen LogP contribution in [0, 0.1) is 6.92 Å². The number of hydrogen-bond acceptors (Lipinski definition) is 3. The summed E-state index contributed by atoms with van der Waals surface area (Å²) in [5.74, 6) is 0.687. The van der Waals surface area contributed by atoms with E-state index in [1.165, 1.54) is 0 Å². The van der Waals surface area contributed by atoms with Gasteiger partial charge in [0.15, 0.2) is 0 Å². The number of hydrogen-bond donors (Lipinski definition) is 0. The van der Waals surface area contributed by atoms with E-state index in [4.69, 9.17) is 0 Å². The Bertz CT molecular complexity index is 1000. The molecule has 2 heterocycles. The minimum atomic E-state index is -0.0956. The fraction of sp³-hybridized carbons (Fsp3) is 0.250. The highest BCUT2D eigenvalue weighted by molar-refractivity contribution is 5.94. The van der Waals surface area contributed by atoms with Gasteiger partial charge in [-0.25, -0.2) is 4.98 Å². The summed E-state index contributed by atoms with van der Waals surface area (Å²) in [7, 11) is 0. The van der Waals surface area contributed by atoms with Crippen LogP contribution in [0.2, 0.25) is 0 Å². The summed E-state index contributed by atoms with van der Waals surface area (Å²) in [6.07, 6.45) is 2.14. The summed E-state index contributed by atoms with van der Waals surface area (Å²) >= 11 is 0. The number of carbonyl (C=O) groups is 1. The highest BCUT2D eigenvalue weighted by Gasteiger charge is 2.19. The van der Waals surface area contributed by atoms with Crippen molar-refractivity contribution in [2.45, 2.75) is 19.8 Å². The Balaban J connectivity index is 1.74. The van der Waals surface area contributed by atoms with E-state index >= 15 is 0 Å². The van der Waals surface area contributed by atoms with E-state index in [1.807, 2.05) is 42.2 Å². The summed E-state index contributed by atoms with van der Waals surface area (Å²) in [5, 5.41) is 0.588. The second kappa shape index (κ2) is 6.16. The lowest BCUT2D eigenvalue weighted by Crippen LogP contribution is -2.27. The molecule has 1 saturated heterocycles. The molecule has 4 rings (SSSR count). The van der Waals surface area contributed by atoms with E-state index in [1.54, 1.807) is 22.8 Å². The molecule has 0 unspecified atom stereocenters. The highest BCUT2D eigenvalue weighted by atomic mass is 16.2. The summed E-state index contributed by atoms with van der Waals surface area (Å²) in [6.45, 7) is 3.47. The van der Waals surface area contributed by atoms with Gasteiger partial charge in [-0.1, -0.05) is 12.1 Å². The Morgan fingerprint density at radius 2 is 1.68 bits per heavy atom. The third kappa shape index (κ3) is 2.71. The van der Waals surface area contributed by atoms with Crippen molar-refractivity contribution in [3.63, 3.8) is 0 Å². The van der Waals surface area contributed by atoms with Crippen LogP contribution in [0.5, 0.6) is 0 Å². The van der Waals surface area contributed by atoms with Crippen molar-refractivity contribution in [3.05, 3.63) is 70.3 Å². The summed E-state index contributed by atoms with van der Waals surface area (Å²) in [6, 6.07) is 14.5. The van der Waals surface area contributed by atoms with Crippen molar-refractivity contribution in [1.29, 1.82) is 0 Å². The number of para-hydroxylation sites is 1. The van der Waals surface area contributed by atoms with E-state index in [0.29, 0.717) is 22.3 Å². The first kappa shape index (κ1) is 15.6. The van der Waals surface area contributed by atoms with Crippen molar-refractivity contribution < 1.29 is 4.79 Å². The molecular weight excluding hydrogens is 314 g/mol. The molecule has 0 spiro atoms. The third-order valence-electron chi connectivity index (χ3n) is 4.71. The standard InChI is InChI=1S/C20H19N3O2/c1-14-21-18-7-3-2-6-17(18)20(25)23(14)16-10-8-15(9-11-16)19(24)22-12-4-5-13-22/h2-3,6-11H,4-5,12-13H2,1H3. The van der Waals surface area contributed by atoms with Gasteiger partial charge >= 0.3 is 0 Å². The maximum absolute atomic E-state index is 12.8. The van der Waals surface area contributed by atoms with Crippen LogP contribution in [-0.2, 0) is 0 Å². The van der Waals surface area contributed by atoms with E-state index in [9.17, 15) is 9.59 Å². The molecule has 25 heavy (non-hydrogen) atoms. The predicted octanol–water partition coefficient (Wildman–Crippen LogP) is 2.93. The molecule has 5 nitrogen and oxygen atoms in total. The number of nitrogens with zero attached hydrogens (tertiary/aromatic N) is 3. The molecule has 0 radical (unpaired) electrons. The lowest BCUT2D eigenvalue weighted by atomic mass is 10.1. The van der Waals surface area contributed by atoms with Crippen molar-refractivity contribution >= 4 is 16.8 Å². The molecule has 3 aromatic rings. The molecule has 1 aromatic heterocycles. The Morgan fingerprint density at radius 1 is 1.00 bits per heavy atom. The number of benzene rings is 2. The van der Waals surface area contributed by atoms with Gasteiger partial charge in [-0.15, -0.1) is 0 Å². The Hall–Kier alpha value is -2.95. The minimum Gasteiger partial charge on any atom is -0.339 e. The molecular formula is C20H19N3O2. The molecule has 0 N–H and O–H groups in total. The first-order chi connectivity index (χ1) is 12.1. The number of aromatic nitrogens is 2. The van der Waals surface area contributed by atoms with Gasteiger partial charge in [-0.2, -0.15) is 0 Å². The topological polar surface area (TPSA) is 55.2 Å². The number of amides is 1. The lowest BCUT2D eigenvalue weighted by molar-refractivity contribution is 0.0793. The van der Waals surface area contributed by atoms with Crippen LogP contribution >= 0.6 is 0 Å². The number of rotatable bonds is 2. The van der Waals surface area contributed by atoms with Crippen LogP contribution in [0.1, 0.15) is 29.0 Å². The van der Waals surface area contributed by atoms with Gasteiger partial charge in [-0.3, -0.25) is 14.2 Å². The zero-order valence-corrected chi connectivity index (χ0v) is 14.1. The van der Waals surface area contributed by atoms with Crippen molar-refractivity contribution in [1.82, 2.24) is 14.5 Å². The van der Waals surface area contributed by atoms with Crippen LogP contribution in [0.25, 0.3) is 16.6 Å². The monoisotopic (exact) mass is 333 g/mol. The van der Waals surface area contributed by atoms with Gasteiger partial charge in [0, 0.05) is 18.7 Å². The molecule has 0 saturated carbocycles. The maximum atomic E-state index is 12.8. The second-order valence-corrected chi connectivity index (χ2v) is 6.36. The summed E-state index contributed by atoms with van der Waals surface area (Å²) < 4.78 is 1.59. The van der Waals surface area contributed by atoms with Crippen LogP contribution in [0.15, 0.2) is 53.3 Å². The number of likely N-dealkylation sites (tertiary alicyclic amines) is 1. The molecule has 1 aliphatic rings. The first-order valence-electron chi connectivity index (χ1n) is 8.53. The number of carbonyl (C=O) groups excluding carboxylic acids is 1. The summed E-state index contributed by atoms with van der Waals surface area (Å²) in [5.41, 5.74) is 1.98.